The van der Waals surface area contributed by atoms with Gasteiger partial charge in [-0.25, -0.2) is 0 Å². The second-order valence-corrected chi connectivity index (χ2v) is 16.0. The highest BCUT2D eigenvalue weighted by Gasteiger charge is 2.39. The molecule has 36 heavy (non-hydrogen) atoms. The molecular weight excluding hydrogens is 458 g/mol. The van der Waals surface area contributed by atoms with Crippen LogP contribution in [0.2, 0.25) is 18.1 Å². The van der Waals surface area contributed by atoms with Gasteiger partial charge >= 0.3 is 0 Å². The number of aryl methyl sites for hydroxylation is 3. The first-order valence-corrected chi connectivity index (χ1v) is 15.6. The minimum atomic E-state index is -2.08. The van der Waals surface area contributed by atoms with Gasteiger partial charge in [0.2, 0.25) is 0 Å². The van der Waals surface area contributed by atoms with Crippen molar-refractivity contribution < 1.29 is 9.16 Å². The first-order chi connectivity index (χ1) is 17.0. The van der Waals surface area contributed by atoms with Crippen LogP contribution in [0, 0.1) is 20.8 Å². The minimum absolute atomic E-state index is 0.0815. The Morgan fingerprint density at radius 2 is 1.42 bits per heavy atom. The molecule has 0 saturated carbocycles. The van der Waals surface area contributed by atoms with Crippen LogP contribution in [-0.4, -0.2) is 12.9 Å². The van der Waals surface area contributed by atoms with E-state index in [1.165, 1.54) is 33.8 Å². The van der Waals surface area contributed by atoms with Gasteiger partial charge in [-0.3, -0.25) is 0 Å². The van der Waals surface area contributed by atoms with Crippen LogP contribution < -0.4 is 9.16 Å². The lowest BCUT2D eigenvalue weighted by atomic mass is 9.99. The lowest BCUT2D eigenvalue weighted by Gasteiger charge is -2.37. The number of hydrogen-bond acceptors (Lipinski definition) is 2. The van der Waals surface area contributed by atoms with Crippen molar-refractivity contribution in [2.75, 3.05) is 0 Å². The summed E-state index contributed by atoms with van der Waals surface area (Å²) < 4.78 is 15.5. The molecule has 0 amide bonds. The average Bonchev–Trinajstić information content (AvgIpc) is 3.16. The van der Waals surface area contributed by atoms with Gasteiger partial charge in [0.1, 0.15) is 12.4 Å². The Morgan fingerprint density at radius 1 is 0.750 bits per heavy atom. The Hall–Kier alpha value is -3.24. The van der Waals surface area contributed by atoms with E-state index in [1.54, 1.807) is 0 Å². The molecule has 0 atom stereocenters. The predicted octanol–water partition coefficient (Wildman–Crippen LogP) is 9.03. The van der Waals surface area contributed by atoms with E-state index in [-0.39, 0.29) is 5.04 Å². The summed E-state index contributed by atoms with van der Waals surface area (Å²) in [5, 5.41) is 0.0815. The molecule has 188 valence electrons. The fourth-order valence-corrected chi connectivity index (χ4v) is 5.23. The van der Waals surface area contributed by atoms with Gasteiger partial charge in [0.05, 0.1) is 0 Å². The summed E-state index contributed by atoms with van der Waals surface area (Å²) in [5.41, 5.74) is 8.28. The SMILES string of the molecule is Cc1cc(OCc2ccccc2)c(O[Si](C)(C)C(C)(C)C)cc1-c1cccc(-n2c(C)ccc2C)c1. The molecule has 4 aromatic rings. The zero-order chi connectivity index (χ0) is 26.1. The summed E-state index contributed by atoms with van der Waals surface area (Å²) in [6, 6.07) is 27.7. The van der Waals surface area contributed by atoms with Crippen LogP contribution in [0.3, 0.4) is 0 Å². The van der Waals surface area contributed by atoms with Crippen molar-refractivity contribution in [1.82, 2.24) is 4.57 Å². The maximum absolute atomic E-state index is 6.85. The van der Waals surface area contributed by atoms with Crippen LogP contribution in [-0.2, 0) is 6.61 Å². The first-order valence-electron chi connectivity index (χ1n) is 12.7. The number of rotatable bonds is 7. The van der Waals surface area contributed by atoms with Crippen LogP contribution in [0.1, 0.15) is 43.3 Å². The standard InChI is InChI=1S/C32H39NO2Si/c1-23-19-30(34-22-26-13-10-9-11-14-26)31(35-36(7,8)32(4,5)6)21-29(23)27-15-12-16-28(20-27)33-24(2)17-18-25(33)3/h9-21H,22H2,1-8H3. The fourth-order valence-electron chi connectivity index (χ4n) is 4.22. The van der Waals surface area contributed by atoms with Crippen LogP contribution in [0.15, 0.2) is 78.9 Å². The van der Waals surface area contributed by atoms with E-state index in [2.05, 4.69) is 120 Å². The van der Waals surface area contributed by atoms with Crippen molar-refractivity contribution in [2.24, 2.45) is 0 Å². The second-order valence-electron chi connectivity index (χ2n) is 11.3. The summed E-state index contributed by atoms with van der Waals surface area (Å²) in [7, 11) is -2.08. The van der Waals surface area contributed by atoms with E-state index in [4.69, 9.17) is 9.16 Å². The third kappa shape index (κ3) is 5.44. The van der Waals surface area contributed by atoms with Gasteiger partial charge < -0.3 is 13.7 Å². The van der Waals surface area contributed by atoms with Gasteiger partial charge in [-0.2, -0.15) is 0 Å². The molecule has 4 heteroatoms. The van der Waals surface area contributed by atoms with Gasteiger partial charge in [-0.05, 0) is 97.6 Å². The number of hydrogen-bond donors (Lipinski definition) is 0. The molecule has 0 aliphatic heterocycles. The van der Waals surface area contributed by atoms with Crippen molar-refractivity contribution in [3.63, 3.8) is 0 Å². The third-order valence-corrected chi connectivity index (χ3v) is 11.7. The smallest absolute Gasteiger partial charge is 0.250 e. The van der Waals surface area contributed by atoms with Gasteiger partial charge in [0.15, 0.2) is 5.75 Å². The molecule has 0 aliphatic carbocycles. The molecule has 4 rings (SSSR count). The van der Waals surface area contributed by atoms with Crippen molar-refractivity contribution >= 4 is 8.32 Å². The van der Waals surface area contributed by atoms with E-state index < -0.39 is 8.32 Å². The molecule has 1 heterocycles. The molecule has 3 nitrogen and oxygen atoms in total. The lowest BCUT2D eigenvalue weighted by molar-refractivity contribution is 0.294. The van der Waals surface area contributed by atoms with E-state index in [1.807, 2.05) is 18.2 Å². The van der Waals surface area contributed by atoms with Gasteiger partial charge in [-0.1, -0.05) is 63.2 Å². The third-order valence-electron chi connectivity index (χ3n) is 7.39. The Balaban J connectivity index is 1.77. The van der Waals surface area contributed by atoms with E-state index >= 15 is 0 Å². The average molecular weight is 498 g/mol. The fraction of sp³-hybridized carbons (Fsp3) is 0.312. The zero-order valence-electron chi connectivity index (χ0n) is 23.0. The molecule has 0 N–H and O–H groups in total. The van der Waals surface area contributed by atoms with Gasteiger partial charge in [-0.15, -0.1) is 0 Å². The van der Waals surface area contributed by atoms with Crippen molar-refractivity contribution in [3.8, 4) is 28.3 Å². The summed E-state index contributed by atoms with van der Waals surface area (Å²) in [4.78, 5) is 0. The van der Waals surface area contributed by atoms with Crippen molar-refractivity contribution in [2.45, 2.75) is 66.3 Å². The minimum Gasteiger partial charge on any atom is -0.541 e. The van der Waals surface area contributed by atoms with Gasteiger partial charge in [0.25, 0.3) is 8.32 Å². The molecule has 3 aromatic carbocycles. The normalized spacial score (nSPS) is 12.0. The molecule has 0 aliphatic rings. The maximum atomic E-state index is 6.85. The highest BCUT2D eigenvalue weighted by molar-refractivity contribution is 6.74. The summed E-state index contributed by atoms with van der Waals surface area (Å²) in [5.74, 6) is 1.63. The second kappa shape index (κ2) is 10.0. The van der Waals surface area contributed by atoms with Crippen LogP contribution >= 0.6 is 0 Å². The Morgan fingerprint density at radius 3 is 2.06 bits per heavy atom. The van der Waals surface area contributed by atoms with E-state index in [0.717, 1.165) is 17.1 Å². The van der Waals surface area contributed by atoms with E-state index in [9.17, 15) is 0 Å². The molecule has 0 radical (unpaired) electrons. The highest BCUT2D eigenvalue weighted by Crippen LogP contribution is 2.43. The van der Waals surface area contributed by atoms with Crippen molar-refractivity contribution in [1.29, 1.82) is 0 Å². The number of benzene rings is 3. The largest absolute Gasteiger partial charge is 0.541 e. The number of nitrogens with zero attached hydrogens (tertiary/aromatic N) is 1. The Labute approximate surface area is 217 Å². The molecule has 0 saturated heterocycles. The number of aromatic nitrogens is 1. The monoisotopic (exact) mass is 497 g/mol. The summed E-state index contributed by atoms with van der Waals surface area (Å²) >= 11 is 0. The van der Waals surface area contributed by atoms with Crippen LogP contribution in [0.5, 0.6) is 11.5 Å². The predicted molar refractivity (Wildman–Crippen MR) is 154 cm³/mol. The number of ether oxygens (including phenoxy) is 1. The quantitative estimate of drug-likeness (QED) is 0.238. The van der Waals surface area contributed by atoms with Crippen molar-refractivity contribution in [3.05, 3.63) is 101 Å². The topological polar surface area (TPSA) is 23.4 Å². The summed E-state index contributed by atoms with van der Waals surface area (Å²) in [6.07, 6.45) is 0. The first kappa shape index (κ1) is 25.8. The molecular formula is C32H39NO2Si. The zero-order valence-corrected chi connectivity index (χ0v) is 24.0. The molecule has 0 unspecified atom stereocenters. The molecule has 1 aromatic heterocycles. The Kier molecular flexibility index (Phi) is 7.19. The van der Waals surface area contributed by atoms with Gasteiger partial charge in [0, 0.05) is 17.1 Å². The maximum Gasteiger partial charge on any atom is 0.250 e. The van der Waals surface area contributed by atoms with Crippen LogP contribution in [0.25, 0.3) is 16.8 Å². The Bertz CT molecular complexity index is 1330. The summed E-state index contributed by atoms with van der Waals surface area (Å²) in [6.45, 7) is 18.3. The lowest BCUT2D eigenvalue weighted by Crippen LogP contribution is -2.44. The van der Waals surface area contributed by atoms with Crippen LogP contribution in [0.4, 0.5) is 0 Å². The molecule has 0 fully saturated rings. The highest BCUT2D eigenvalue weighted by atomic mass is 28.4. The van der Waals surface area contributed by atoms with E-state index in [0.29, 0.717) is 6.61 Å². The molecule has 0 spiro atoms. The molecule has 0 bridgehead atoms.